The first-order valence-electron chi connectivity index (χ1n) is 5.40. The summed E-state index contributed by atoms with van der Waals surface area (Å²) in [4.78, 5) is 13.9. The van der Waals surface area contributed by atoms with Crippen LogP contribution in [0.25, 0.3) is 0 Å². The first kappa shape index (κ1) is 13.6. The molecule has 0 aliphatic carbocycles. The Labute approximate surface area is 106 Å². The molecule has 0 aliphatic rings. The van der Waals surface area contributed by atoms with E-state index in [9.17, 15) is 4.79 Å². The molecular formula is C12H16N2O2S. The van der Waals surface area contributed by atoms with Crippen LogP contribution in [-0.2, 0) is 0 Å². The Bertz CT molecular complexity index is 421. The van der Waals surface area contributed by atoms with Gasteiger partial charge >= 0.3 is 0 Å². The molecule has 5 heteroatoms. The van der Waals surface area contributed by atoms with Gasteiger partial charge in [-0.3, -0.25) is 4.79 Å². The maximum atomic E-state index is 12.1. The largest absolute Gasteiger partial charge is 0.395 e. The van der Waals surface area contributed by atoms with E-state index in [-0.39, 0.29) is 17.5 Å². The van der Waals surface area contributed by atoms with E-state index in [4.69, 9.17) is 23.1 Å². The van der Waals surface area contributed by atoms with Gasteiger partial charge in [0.2, 0.25) is 0 Å². The van der Waals surface area contributed by atoms with Crippen LogP contribution in [0, 0.1) is 0 Å². The average Bonchev–Trinajstić information content (AvgIpc) is 2.35. The number of thiocarbonyl (C=S) groups is 1. The molecule has 1 rings (SSSR count). The molecule has 4 nitrogen and oxygen atoms in total. The Hall–Kier alpha value is -1.46. The van der Waals surface area contributed by atoms with Gasteiger partial charge in [0.05, 0.1) is 6.61 Å². The number of hydrogen-bond donors (Lipinski definition) is 2. The predicted octanol–water partition coefficient (Wildman–Crippen LogP) is 0.775. The molecule has 0 bridgehead atoms. The topological polar surface area (TPSA) is 66.6 Å². The summed E-state index contributed by atoms with van der Waals surface area (Å²) in [6.45, 7) is 2.70. The van der Waals surface area contributed by atoms with Gasteiger partial charge in [-0.25, -0.2) is 0 Å². The van der Waals surface area contributed by atoms with E-state index in [2.05, 4.69) is 0 Å². The van der Waals surface area contributed by atoms with E-state index < -0.39 is 0 Å². The second-order valence-electron chi connectivity index (χ2n) is 3.55. The number of hydrogen-bond acceptors (Lipinski definition) is 3. The number of aliphatic hydroxyl groups is 1. The lowest BCUT2D eigenvalue weighted by atomic mass is 10.1. The Morgan fingerprint density at radius 3 is 2.65 bits per heavy atom. The Kier molecular flexibility index (Phi) is 5.06. The highest BCUT2D eigenvalue weighted by Gasteiger charge is 2.13. The molecule has 1 aromatic rings. The van der Waals surface area contributed by atoms with Crippen LogP contribution >= 0.6 is 12.2 Å². The molecule has 92 valence electrons. The van der Waals surface area contributed by atoms with E-state index in [0.29, 0.717) is 24.2 Å². The minimum Gasteiger partial charge on any atom is -0.395 e. The molecule has 0 aromatic heterocycles. The second-order valence-corrected chi connectivity index (χ2v) is 3.99. The zero-order chi connectivity index (χ0) is 12.8. The van der Waals surface area contributed by atoms with Crippen LogP contribution in [0.5, 0.6) is 0 Å². The maximum Gasteiger partial charge on any atom is 0.253 e. The fraction of sp³-hybridized carbons (Fsp3) is 0.333. The van der Waals surface area contributed by atoms with Gasteiger partial charge < -0.3 is 15.7 Å². The minimum atomic E-state index is -0.125. The SMILES string of the molecule is CCN(CCO)C(=O)c1cccc(C(N)=S)c1. The van der Waals surface area contributed by atoms with Crippen molar-refractivity contribution in [3.63, 3.8) is 0 Å². The molecule has 0 aliphatic heterocycles. The first-order valence-corrected chi connectivity index (χ1v) is 5.81. The van der Waals surface area contributed by atoms with Crippen molar-refractivity contribution in [2.45, 2.75) is 6.92 Å². The van der Waals surface area contributed by atoms with Crippen LogP contribution in [0.15, 0.2) is 24.3 Å². The van der Waals surface area contributed by atoms with Crippen molar-refractivity contribution in [3.05, 3.63) is 35.4 Å². The monoisotopic (exact) mass is 252 g/mol. The molecule has 1 aromatic carbocycles. The summed E-state index contributed by atoms with van der Waals surface area (Å²) in [6.07, 6.45) is 0. The molecule has 0 spiro atoms. The molecule has 17 heavy (non-hydrogen) atoms. The molecule has 1 amide bonds. The standard InChI is InChI=1S/C12H16N2O2S/c1-2-14(6-7-15)12(16)10-5-3-4-9(8-10)11(13)17/h3-5,8,15H,2,6-7H2,1H3,(H2,13,17). The number of amides is 1. The van der Waals surface area contributed by atoms with Crippen LogP contribution < -0.4 is 5.73 Å². The van der Waals surface area contributed by atoms with Crippen LogP contribution in [0.2, 0.25) is 0 Å². The molecule has 0 saturated heterocycles. The van der Waals surface area contributed by atoms with Gasteiger partial charge in [0, 0.05) is 24.2 Å². The summed E-state index contributed by atoms with van der Waals surface area (Å²) in [5.74, 6) is -0.125. The minimum absolute atomic E-state index is 0.0471. The lowest BCUT2D eigenvalue weighted by molar-refractivity contribution is 0.0732. The lowest BCUT2D eigenvalue weighted by Crippen LogP contribution is -2.33. The van der Waals surface area contributed by atoms with Gasteiger partial charge in [0.25, 0.3) is 5.91 Å². The highest BCUT2D eigenvalue weighted by atomic mass is 32.1. The normalized spacial score (nSPS) is 10.0. The highest BCUT2D eigenvalue weighted by Crippen LogP contribution is 2.08. The molecule has 0 radical (unpaired) electrons. The molecule has 3 N–H and O–H groups in total. The van der Waals surface area contributed by atoms with Crippen molar-refractivity contribution in [3.8, 4) is 0 Å². The fourth-order valence-electron chi connectivity index (χ4n) is 1.51. The summed E-state index contributed by atoms with van der Waals surface area (Å²) >= 11 is 4.87. The zero-order valence-corrected chi connectivity index (χ0v) is 10.5. The summed E-state index contributed by atoms with van der Waals surface area (Å²) in [6, 6.07) is 6.89. The third-order valence-corrected chi connectivity index (χ3v) is 2.67. The Morgan fingerprint density at radius 1 is 1.47 bits per heavy atom. The second kappa shape index (κ2) is 6.32. The third-order valence-electron chi connectivity index (χ3n) is 2.43. The van der Waals surface area contributed by atoms with E-state index >= 15 is 0 Å². The van der Waals surface area contributed by atoms with Gasteiger partial charge in [-0.15, -0.1) is 0 Å². The quantitative estimate of drug-likeness (QED) is 0.760. The van der Waals surface area contributed by atoms with Crippen LogP contribution in [-0.4, -0.2) is 40.6 Å². The fourth-order valence-corrected chi connectivity index (χ4v) is 1.64. The van der Waals surface area contributed by atoms with E-state index in [1.807, 2.05) is 6.92 Å². The van der Waals surface area contributed by atoms with Crippen molar-refractivity contribution in [1.29, 1.82) is 0 Å². The number of likely N-dealkylation sites (N-methyl/N-ethyl adjacent to an activating group) is 1. The van der Waals surface area contributed by atoms with Crippen molar-refractivity contribution in [2.75, 3.05) is 19.7 Å². The van der Waals surface area contributed by atoms with Gasteiger partial charge in [0.1, 0.15) is 4.99 Å². The smallest absolute Gasteiger partial charge is 0.253 e. The number of nitrogens with zero attached hydrogens (tertiary/aromatic N) is 1. The first-order chi connectivity index (χ1) is 8.10. The van der Waals surface area contributed by atoms with Crippen LogP contribution in [0.1, 0.15) is 22.8 Å². The Morgan fingerprint density at radius 2 is 2.12 bits per heavy atom. The number of benzene rings is 1. The maximum absolute atomic E-state index is 12.1. The Balaban J connectivity index is 2.95. The van der Waals surface area contributed by atoms with E-state index in [0.717, 1.165) is 0 Å². The van der Waals surface area contributed by atoms with E-state index in [1.165, 1.54) is 0 Å². The number of carbonyl (C=O) groups excluding carboxylic acids is 1. The lowest BCUT2D eigenvalue weighted by Gasteiger charge is -2.19. The van der Waals surface area contributed by atoms with Crippen molar-refractivity contribution in [1.82, 2.24) is 4.90 Å². The average molecular weight is 252 g/mol. The highest BCUT2D eigenvalue weighted by molar-refractivity contribution is 7.80. The van der Waals surface area contributed by atoms with E-state index in [1.54, 1.807) is 29.2 Å². The summed E-state index contributed by atoms with van der Waals surface area (Å²) in [5.41, 5.74) is 6.72. The van der Waals surface area contributed by atoms with Crippen molar-refractivity contribution in [2.24, 2.45) is 5.73 Å². The predicted molar refractivity (Wildman–Crippen MR) is 71.0 cm³/mol. The molecular weight excluding hydrogens is 236 g/mol. The van der Waals surface area contributed by atoms with Gasteiger partial charge in [-0.05, 0) is 19.1 Å². The molecule has 0 heterocycles. The summed E-state index contributed by atoms with van der Waals surface area (Å²) in [5, 5.41) is 8.87. The zero-order valence-electron chi connectivity index (χ0n) is 9.72. The summed E-state index contributed by atoms with van der Waals surface area (Å²) < 4.78 is 0. The van der Waals surface area contributed by atoms with Crippen molar-refractivity contribution < 1.29 is 9.90 Å². The molecule has 0 saturated carbocycles. The van der Waals surface area contributed by atoms with Gasteiger partial charge in [0.15, 0.2) is 0 Å². The number of carbonyl (C=O) groups is 1. The number of aliphatic hydroxyl groups excluding tert-OH is 1. The number of nitrogens with two attached hydrogens (primary N) is 1. The summed E-state index contributed by atoms with van der Waals surface area (Å²) in [7, 11) is 0. The van der Waals surface area contributed by atoms with Gasteiger partial charge in [-0.2, -0.15) is 0 Å². The molecule has 0 unspecified atom stereocenters. The third kappa shape index (κ3) is 3.51. The van der Waals surface area contributed by atoms with Crippen LogP contribution in [0.3, 0.4) is 0 Å². The number of rotatable bonds is 5. The van der Waals surface area contributed by atoms with Crippen molar-refractivity contribution >= 4 is 23.1 Å². The molecule has 0 fully saturated rings. The van der Waals surface area contributed by atoms with Gasteiger partial charge in [-0.1, -0.05) is 24.4 Å². The molecule has 0 atom stereocenters. The van der Waals surface area contributed by atoms with Crippen LogP contribution in [0.4, 0.5) is 0 Å².